The smallest absolute Gasteiger partial charge is 0.216 e. The van der Waals surface area contributed by atoms with Crippen molar-refractivity contribution in [3.8, 4) is 5.88 Å². The molecule has 4 heteroatoms. The molecule has 0 radical (unpaired) electrons. The number of nitrogens with one attached hydrogen (secondary N) is 1. The topological polar surface area (TPSA) is 34.1 Å². The summed E-state index contributed by atoms with van der Waals surface area (Å²) in [6, 6.07) is 2.11. The first kappa shape index (κ1) is 10.9. The second kappa shape index (κ2) is 4.94. The zero-order valence-corrected chi connectivity index (χ0v) is 10.4. The Morgan fingerprint density at radius 3 is 3.13 bits per heavy atom. The summed E-state index contributed by atoms with van der Waals surface area (Å²) in [4.78, 5) is 4.28. The maximum absolute atomic E-state index is 5.29. The number of nitrogens with zero attached hydrogens (tertiary/aromatic N) is 1. The van der Waals surface area contributed by atoms with E-state index in [0.717, 1.165) is 23.4 Å². The van der Waals surface area contributed by atoms with Gasteiger partial charge >= 0.3 is 0 Å². The van der Waals surface area contributed by atoms with Gasteiger partial charge in [0.05, 0.1) is 7.11 Å². The second-order valence-electron chi connectivity index (χ2n) is 3.80. The van der Waals surface area contributed by atoms with Gasteiger partial charge in [-0.15, -0.1) is 0 Å². The number of hydrogen-bond donors (Lipinski definition) is 1. The minimum absolute atomic E-state index is 0.527. The van der Waals surface area contributed by atoms with Gasteiger partial charge < -0.3 is 10.1 Å². The van der Waals surface area contributed by atoms with Gasteiger partial charge in [-0.05, 0) is 41.4 Å². The predicted molar refractivity (Wildman–Crippen MR) is 63.3 cm³/mol. The van der Waals surface area contributed by atoms with E-state index in [9.17, 15) is 0 Å². The van der Waals surface area contributed by atoms with Crippen LogP contribution in [0.25, 0.3) is 0 Å². The van der Waals surface area contributed by atoms with Crippen LogP contribution in [0.4, 0.5) is 0 Å². The Hall–Kier alpha value is -0.610. The Bertz CT molecular complexity index is 337. The average Bonchev–Trinajstić information content (AvgIpc) is 2.30. The van der Waals surface area contributed by atoms with Crippen LogP contribution in [0.5, 0.6) is 5.88 Å². The predicted octanol–water partition coefficient (Wildman–Crippen LogP) is 2.32. The summed E-state index contributed by atoms with van der Waals surface area (Å²) in [5, 5.41) is 3.41. The van der Waals surface area contributed by atoms with E-state index in [4.69, 9.17) is 4.74 Å². The summed E-state index contributed by atoms with van der Waals surface area (Å²) >= 11 is 3.45. The SMILES string of the molecule is COc1ncc(Br)cc1C1CCCNC1. The van der Waals surface area contributed by atoms with Gasteiger partial charge in [0.1, 0.15) is 0 Å². The van der Waals surface area contributed by atoms with Crippen molar-refractivity contribution in [1.29, 1.82) is 0 Å². The maximum atomic E-state index is 5.29. The highest BCUT2D eigenvalue weighted by atomic mass is 79.9. The zero-order chi connectivity index (χ0) is 10.7. The van der Waals surface area contributed by atoms with E-state index >= 15 is 0 Å². The Balaban J connectivity index is 2.27. The first-order valence-electron chi connectivity index (χ1n) is 5.21. The average molecular weight is 271 g/mol. The van der Waals surface area contributed by atoms with Crippen LogP contribution in [0.15, 0.2) is 16.7 Å². The molecule has 0 aromatic carbocycles. The molecular formula is C11H15BrN2O. The van der Waals surface area contributed by atoms with E-state index in [0.29, 0.717) is 5.92 Å². The van der Waals surface area contributed by atoms with E-state index in [1.165, 1.54) is 18.4 Å². The molecule has 2 rings (SSSR count). The highest BCUT2D eigenvalue weighted by molar-refractivity contribution is 9.10. The summed E-state index contributed by atoms with van der Waals surface area (Å²) in [6.07, 6.45) is 4.21. The van der Waals surface area contributed by atoms with Gasteiger partial charge in [-0.1, -0.05) is 0 Å². The van der Waals surface area contributed by atoms with Crippen LogP contribution < -0.4 is 10.1 Å². The number of piperidine rings is 1. The number of aromatic nitrogens is 1. The number of methoxy groups -OCH3 is 1. The first-order chi connectivity index (χ1) is 7.31. The quantitative estimate of drug-likeness (QED) is 0.896. The molecule has 1 atom stereocenters. The summed E-state index contributed by atoms with van der Waals surface area (Å²) in [5.74, 6) is 1.28. The lowest BCUT2D eigenvalue weighted by molar-refractivity contribution is 0.377. The van der Waals surface area contributed by atoms with Crippen LogP contribution in [0.1, 0.15) is 24.3 Å². The van der Waals surface area contributed by atoms with Crippen LogP contribution >= 0.6 is 15.9 Å². The molecule has 1 unspecified atom stereocenters. The normalized spacial score (nSPS) is 21.3. The van der Waals surface area contributed by atoms with Crippen molar-refractivity contribution in [2.45, 2.75) is 18.8 Å². The molecule has 0 spiro atoms. The largest absolute Gasteiger partial charge is 0.481 e. The van der Waals surface area contributed by atoms with Crippen LogP contribution in [0.3, 0.4) is 0 Å². The third-order valence-electron chi connectivity index (χ3n) is 2.78. The van der Waals surface area contributed by atoms with E-state index in [2.05, 4.69) is 32.3 Å². The zero-order valence-electron chi connectivity index (χ0n) is 8.79. The van der Waals surface area contributed by atoms with E-state index in [1.54, 1.807) is 13.3 Å². The molecule has 0 aliphatic carbocycles. The van der Waals surface area contributed by atoms with E-state index < -0.39 is 0 Å². The Labute approximate surface area is 98.4 Å². The van der Waals surface area contributed by atoms with Crippen molar-refractivity contribution in [2.75, 3.05) is 20.2 Å². The fourth-order valence-electron chi connectivity index (χ4n) is 2.02. The number of ether oxygens (including phenoxy) is 1. The molecule has 1 aliphatic heterocycles. The molecule has 0 bridgehead atoms. The highest BCUT2D eigenvalue weighted by Gasteiger charge is 2.19. The molecule has 1 aromatic rings. The van der Waals surface area contributed by atoms with Crippen LogP contribution in [0.2, 0.25) is 0 Å². The van der Waals surface area contributed by atoms with Crippen molar-refractivity contribution in [2.24, 2.45) is 0 Å². The molecule has 1 saturated heterocycles. The van der Waals surface area contributed by atoms with Crippen molar-refractivity contribution < 1.29 is 4.74 Å². The van der Waals surface area contributed by atoms with Crippen LogP contribution in [0, 0.1) is 0 Å². The molecule has 3 nitrogen and oxygen atoms in total. The lowest BCUT2D eigenvalue weighted by Gasteiger charge is -2.24. The standard InChI is InChI=1S/C11H15BrN2O/c1-15-11-10(5-9(12)7-14-11)8-3-2-4-13-6-8/h5,7-8,13H,2-4,6H2,1H3. The minimum Gasteiger partial charge on any atom is -0.481 e. The van der Waals surface area contributed by atoms with Crippen LogP contribution in [-0.2, 0) is 0 Å². The summed E-state index contributed by atoms with van der Waals surface area (Å²) < 4.78 is 6.31. The van der Waals surface area contributed by atoms with Gasteiger partial charge in [-0.25, -0.2) is 4.98 Å². The van der Waals surface area contributed by atoms with Gasteiger partial charge in [0.2, 0.25) is 5.88 Å². The lowest BCUT2D eigenvalue weighted by Crippen LogP contribution is -2.28. The maximum Gasteiger partial charge on any atom is 0.216 e. The molecular weight excluding hydrogens is 256 g/mol. The minimum atomic E-state index is 0.527. The fraction of sp³-hybridized carbons (Fsp3) is 0.545. The van der Waals surface area contributed by atoms with Crippen molar-refractivity contribution in [3.63, 3.8) is 0 Å². The third-order valence-corrected chi connectivity index (χ3v) is 3.21. The van der Waals surface area contributed by atoms with Crippen molar-refractivity contribution >= 4 is 15.9 Å². The highest BCUT2D eigenvalue weighted by Crippen LogP contribution is 2.31. The van der Waals surface area contributed by atoms with E-state index in [-0.39, 0.29) is 0 Å². The van der Waals surface area contributed by atoms with E-state index in [1.807, 2.05) is 0 Å². The summed E-state index contributed by atoms with van der Waals surface area (Å²) in [6.45, 7) is 2.15. The van der Waals surface area contributed by atoms with Crippen LogP contribution in [-0.4, -0.2) is 25.2 Å². The van der Waals surface area contributed by atoms with Gasteiger partial charge in [0, 0.05) is 28.7 Å². The molecule has 0 amide bonds. The lowest BCUT2D eigenvalue weighted by atomic mass is 9.92. The molecule has 2 heterocycles. The third kappa shape index (κ3) is 2.49. The molecule has 1 aromatic heterocycles. The summed E-state index contributed by atoms with van der Waals surface area (Å²) in [5.41, 5.74) is 1.21. The van der Waals surface area contributed by atoms with Gasteiger partial charge in [-0.3, -0.25) is 0 Å². The second-order valence-corrected chi connectivity index (χ2v) is 4.71. The molecule has 1 N–H and O–H groups in total. The Kier molecular flexibility index (Phi) is 3.59. The molecule has 0 saturated carbocycles. The summed E-state index contributed by atoms with van der Waals surface area (Å²) in [7, 11) is 1.68. The number of hydrogen-bond acceptors (Lipinski definition) is 3. The molecule has 1 fully saturated rings. The Morgan fingerprint density at radius 2 is 2.47 bits per heavy atom. The Morgan fingerprint density at radius 1 is 1.60 bits per heavy atom. The molecule has 15 heavy (non-hydrogen) atoms. The van der Waals surface area contributed by atoms with Crippen molar-refractivity contribution in [1.82, 2.24) is 10.3 Å². The van der Waals surface area contributed by atoms with Crippen molar-refractivity contribution in [3.05, 3.63) is 22.3 Å². The number of rotatable bonds is 2. The first-order valence-corrected chi connectivity index (χ1v) is 6.00. The number of halogens is 1. The fourth-order valence-corrected chi connectivity index (χ4v) is 2.37. The van der Waals surface area contributed by atoms with Gasteiger partial charge in [0.15, 0.2) is 0 Å². The van der Waals surface area contributed by atoms with Gasteiger partial charge in [0.25, 0.3) is 0 Å². The molecule has 1 aliphatic rings. The van der Waals surface area contributed by atoms with Gasteiger partial charge in [-0.2, -0.15) is 0 Å². The monoisotopic (exact) mass is 270 g/mol. The molecule has 82 valence electrons. The number of pyridine rings is 1.